The molecule has 0 aliphatic rings. The van der Waals surface area contributed by atoms with Crippen LogP contribution in [-0.2, 0) is 0 Å². The van der Waals surface area contributed by atoms with Crippen LogP contribution in [0.25, 0.3) is 0 Å². The summed E-state index contributed by atoms with van der Waals surface area (Å²) in [4.78, 5) is 0. The minimum Gasteiger partial charge on any atom is -0.324 e. The first-order valence-corrected chi connectivity index (χ1v) is 4.60. The van der Waals surface area contributed by atoms with Crippen LogP contribution in [0.15, 0.2) is 24.3 Å². The van der Waals surface area contributed by atoms with Crippen molar-refractivity contribution >= 4 is 12.4 Å². The molecule has 1 aromatic carbocycles. The van der Waals surface area contributed by atoms with Crippen LogP contribution in [0.4, 0.5) is 4.39 Å². The minimum atomic E-state index is -0.211. The van der Waals surface area contributed by atoms with Gasteiger partial charge in [-0.3, -0.25) is 0 Å². The Balaban J connectivity index is 0.00000169. The molecule has 0 amide bonds. The van der Waals surface area contributed by atoms with E-state index in [4.69, 9.17) is 5.73 Å². The van der Waals surface area contributed by atoms with Crippen molar-refractivity contribution in [2.45, 2.75) is 26.3 Å². The third-order valence-corrected chi connectivity index (χ3v) is 2.00. The minimum absolute atomic E-state index is 0. The largest absolute Gasteiger partial charge is 0.324 e. The van der Waals surface area contributed by atoms with Gasteiger partial charge in [0.25, 0.3) is 0 Å². The van der Waals surface area contributed by atoms with Crippen LogP contribution >= 0.6 is 12.4 Å². The maximum atomic E-state index is 12.8. The molecule has 0 saturated carbocycles. The summed E-state index contributed by atoms with van der Waals surface area (Å²) < 4.78 is 12.8. The molecule has 1 rings (SSSR count). The Labute approximate surface area is 90.9 Å². The van der Waals surface area contributed by atoms with Gasteiger partial charge in [0.15, 0.2) is 0 Å². The van der Waals surface area contributed by atoms with Crippen LogP contribution in [0.2, 0.25) is 0 Å². The van der Waals surface area contributed by atoms with Gasteiger partial charge < -0.3 is 5.73 Å². The number of benzene rings is 1. The van der Waals surface area contributed by atoms with Gasteiger partial charge in [0.1, 0.15) is 5.82 Å². The van der Waals surface area contributed by atoms with Gasteiger partial charge in [-0.1, -0.05) is 26.0 Å². The van der Waals surface area contributed by atoms with Gasteiger partial charge in [-0.25, -0.2) is 4.39 Å². The zero-order valence-corrected chi connectivity index (χ0v) is 9.35. The fraction of sp³-hybridized carbons (Fsp3) is 0.455. The van der Waals surface area contributed by atoms with E-state index in [9.17, 15) is 4.39 Å². The molecular formula is C11H17ClFN. The highest BCUT2D eigenvalue weighted by atomic mass is 35.5. The highest BCUT2D eigenvalue weighted by Crippen LogP contribution is 2.18. The van der Waals surface area contributed by atoms with Gasteiger partial charge in [-0.15, -0.1) is 12.4 Å². The average Bonchev–Trinajstić information content (AvgIpc) is 2.03. The molecule has 2 N–H and O–H groups in total. The molecule has 3 heteroatoms. The van der Waals surface area contributed by atoms with Crippen LogP contribution in [0, 0.1) is 11.7 Å². The third kappa shape index (κ3) is 4.07. The van der Waals surface area contributed by atoms with Crippen molar-refractivity contribution in [1.29, 1.82) is 0 Å². The van der Waals surface area contributed by atoms with E-state index in [0.717, 1.165) is 12.0 Å². The second-order valence-corrected chi connectivity index (χ2v) is 3.79. The Morgan fingerprint density at radius 2 is 2.00 bits per heavy atom. The lowest BCUT2D eigenvalue weighted by Crippen LogP contribution is -2.12. The van der Waals surface area contributed by atoms with Gasteiger partial charge in [-0.2, -0.15) is 0 Å². The molecule has 14 heavy (non-hydrogen) atoms. The summed E-state index contributed by atoms with van der Waals surface area (Å²) in [6.07, 6.45) is 0.892. The highest BCUT2D eigenvalue weighted by Gasteiger charge is 2.08. The third-order valence-electron chi connectivity index (χ3n) is 2.00. The molecule has 0 spiro atoms. The molecule has 1 nitrogen and oxygen atoms in total. The van der Waals surface area contributed by atoms with Crippen LogP contribution in [0.1, 0.15) is 31.9 Å². The maximum Gasteiger partial charge on any atom is 0.123 e. The van der Waals surface area contributed by atoms with Gasteiger partial charge in [-0.05, 0) is 30.0 Å². The first-order chi connectivity index (χ1) is 6.09. The highest BCUT2D eigenvalue weighted by molar-refractivity contribution is 5.85. The van der Waals surface area contributed by atoms with Crippen molar-refractivity contribution in [3.63, 3.8) is 0 Å². The molecule has 0 heterocycles. The molecule has 0 aliphatic heterocycles. The van der Waals surface area contributed by atoms with E-state index in [1.165, 1.54) is 12.1 Å². The van der Waals surface area contributed by atoms with Gasteiger partial charge in [0.05, 0.1) is 0 Å². The Bertz CT molecular complexity index is 276. The van der Waals surface area contributed by atoms with Gasteiger partial charge >= 0.3 is 0 Å². The van der Waals surface area contributed by atoms with E-state index < -0.39 is 0 Å². The second kappa shape index (κ2) is 5.99. The smallest absolute Gasteiger partial charge is 0.123 e. The van der Waals surface area contributed by atoms with Gasteiger partial charge in [0.2, 0.25) is 0 Å². The summed E-state index contributed by atoms with van der Waals surface area (Å²) in [7, 11) is 0. The lowest BCUT2D eigenvalue weighted by atomic mass is 9.98. The van der Waals surface area contributed by atoms with Crippen molar-refractivity contribution in [2.75, 3.05) is 0 Å². The van der Waals surface area contributed by atoms with Crippen molar-refractivity contribution in [1.82, 2.24) is 0 Å². The lowest BCUT2D eigenvalue weighted by molar-refractivity contribution is 0.507. The van der Waals surface area contributed by atoms with Crippen molar-refractivity contribution in [3.05, 3.63) is 35.6 Å². The van der Waals surface area contributed by atoms with E-state index in [0.29, 0.717) is 5.92 Å². The second-order valence-electron chi connectivity index (χ2n) is 3.79. The van der Waals surface area contributed by atoms with Crippen LogP contribution < -0.4 is 5.73 Å². The normalized spacial score (nSPS) is 12.4. The lowest BCUT2D eigenvalue weighted by Gasteiger charge is -2.14. The molecular weight excluding hydrogens is 201 g/mol. The molecule has 0 unspecified atom stereocenters. The Hall–Kier alpha value is -0.600. The molecule has 0 saturated heterocycles. The Morgan fingerprint density at radius 3 is 2.50 bits per heavy atom. The molecule has 0 fully saturated rings. The fourth-order valence-electron chi connectivity index (χ4n) is 1.38. The SMILES string of the molecule is CC(C)C[C@H](N)c1cccc(F)c1.Cl. The van der Waals surface area contributed by atoms with Crippen molar-refractivity contribution < 1.29 is 4.39 Å². The molecule has 80 valence electrons. The van der Waals surface area contributed by atoms with E-state index >= 15 is 0 Å². The number of halogens is 2. The summed E-state index contributed by atoms with van der Waals surface area (Å²) in [5.74, 6) is 0.329. The van der Waals surface area contributed by atoms with Crippen molar-refractivity contribution in [2.24, 2.45) is 11.7 Å². The van der Waals surface area contributed by atoms with Crippen LogP contribution in [0.3, 0.4) is 0 Å². The van der Waals surface area contributed by atoms with E-state index in [2.05, 4.69) is 13.8 Å². The first-order valence-electron chi connectivity index (χ1n) is 4.60. The Kier molecular flexibility index (Phi) is 5.73. The molecule has 1 aromatic rings. The topological polar surface area (TPSA) is 26.0 Å². The van der Waals surface area contributed by atoms with E-state index in [1.807, 2.05) is 6.07 Å². The van der Waals surface area contributed by atoms with Gasteiger partial charge in [0, 0.05) is 6.04 Å². The summed E-state index contributed by atoms with van der Waals surface area (Å²) in [6.45, 7) is 4.22. The monoisotopic (exact) mass is 217 g/mol. The summed E-state index contributed by atoms with van der Waals surface area (Å²) in [6, 6.07) is 6.47. The predicted molar refractivity (Wildman–Crippen MR) is 60.0 cm³/mol. The number of hydrogen-bond acceptors (Lipinski definition) is 1. The Morgan fingerprint density at radius 1 is 1.36 bits per heavy atom. The summed E-state index contributed by atoms with van der Waals surface area (Å²) in [5.41, 5.74) is 6.78. The molecule has 0 bridgehead atoms. The average molecular weight is 218 g/mol. The molecule has 0 radical (unpaired) electrons. The zero-order chi connectivity index (χ0) is 9.84. The van der Waals surface area contributed by atoms with Crippen LogP contribution in [-0.4, -0.2) is 0 Å². The number of rotatable bonds is 3. The van der Waals surface area contributed by atoms with Crippen LogP contribution in [0.5, 0.6) is 0 Å². The molecule has 0 aliphatic carbocycles. The number of nitrogens with two attached hydrogens (primary N) is 1. The standard InChI is InChI=1S/C11H16FN.ClH/c1-8(2)6-11(13)9-4-3-5-10(12)7-9;/h3-5,7-8,11H,6,13H2,1-2H3;1H/t11-;/m0./s1. The van der Waals surface area contributed by atoms with E-state index in [1.54, 1.807) is 6.07 Å². The summed E-state index contributed by atoms with van der Waals surface area (Å²) >= 11 is 0. The quantitative estimate of drug-likeness (QED) is 0.826. The number of hydrogen-bond donors (Lipinski definition) is 1. The van der Waals surface area contributed by atoms with E-state index in [-0.39, 0.29) is 24.3 Å². The molecule has 0 aromatic heterocycles. The maximum absolute atomic E-state index is 12.8. The zero-order valence-electron chi connectivity index (χ0n) is 8.53. The predicted octanol–water partition coefficient (Wildman–Crippen LogP) is 3.29. The van der Waals surface area contributed by atoms with Crippen molar-refractivity contribution in [3.8, 4) is 0 Å². The molecule has 1 atom stereocenters. The summed E-state index contributed by atoms with van der Waals surface area (Å²) in [5, 5.41) is 0. The first kappa shape index (κ1) is 13.4. The fourth-order valence-corrected chi connectivity index (χ4v) is 1.38.